The summed E-state index contributed by atoms with van der Waals surface area (Å²) in [4.78, 5) is 33.8. The van der Waals surface area contributed by atoms with Gasteiger partial charge in [0.25, 0.3) is 0 Å². The lowest BCUT2D eigenvalue weighted by Crippen LogP contribution is -2.44. The molecule has 2 N–H and O–H groups in total. The Bertz CT molecular complexity index is 1160. The summed E-state index contributed by atoms with van der Waals surface area (Å²) < 4.78 is 11.5. The number of nitrogens with zero attached hydrogens (tertiary/aromatic N) is 3. The molecule has 3 aliphatic rings. The Morgan fingerprint density at radius 2 is 2.12 bits per heavy atom. The summed E-state index contributed by atoms with van der Waals surface area (Å²) >= 11 is 0. The van der Waals surface area contributed by atoms with E-state index in [-0.39, 0.29) is 24.7 Å². The number of carboxylic acids is 1. The molecule has 1 aromatic carbocycles. The fourth-order valence-corrected chi connectivity index (χ4v) is 6.54. The standard InChI is InChI=1S/C31H42N4O5/c1-2-7-23-16-24(17-27-30(23)40-21-39-27)25-19-35(20-33-13-6-9-22-8-5-12-32-18-22)26(29(25)31(37)38)11-15-34-14-4-3-10-28(34)36/h5,8,12,16-18,25-26,29,33H,2-4,6-7,9-11,13-15,19-21H2,1H3,(H,37,38)/t25?,26?,29-/m1/s1. The number of aromatic nitrogens is 1. The van der Waals surface area contributed by atoms with Gasteiger partial charge in [-0.3, -0.25) is 19.5 Å². The predicted molar refractivity (Wildman–Crippen MR) is 151 cm³/mol. The second kappa shape index (κ2) is 13.5. The maximum absolute atomic E-state index is 12.8. The van der Waals surface area contributed by atoms with Gasteiger partial charge in [0.2, 0.25) is 12.7 Å². The molecule has 4 heterocycles. The Balaban J connectivity index is 1.32. The molecule has 0 spiro atoms. The Labute approximate surface area is 236 Å². The number of benzene rings is 1. The van der Waals surface area contributed by atoms with Crippen LogP contribution in [0.4, 0.5) is 0 Å². The van der Waals surface area contributed by atoms with Crippen LogP contribution in [0.5, 0.6) is 11.5 Å². The number of aryl methyl sites for hydroxylation is 2. The minimum atomic E-state index is -0.784. The molecular formula is C31H42N4O5. The molecule has 1 aromatic heterocycles. The van der Waals surface area contributed by atoms with Crippen molar-refractivity contribution < 1.29 is 24.2 Å². The van der Waals surface area contributed by atoms with Gasteiger partial charge in [-0.05, 0) is 73.9 Å². The third kappa shape index (κ3) is 6.58. The van der Waals surface area contributed by atoms with E-state index in [0.717, 1.165) is 68.5 Å². The molecule has 0 aliphatic carbocycles. The van der Waals surface area contributed by atoms with Gasteiger partial charge >= 0.3 is 5.97 Å². The lowest BCUT2D eigenvalue weighted by molar-refractivity contribution is -0.143. The Morgan fingerprint density at radius 3 is 2.90 bits per heavy atom. The van der Waals surface area contributed by atoms with Crippen LogP contribution in [0.25, 0.3) is 0 Å². The minimum Gasteiger partial charge on any atom is -0.481 e. The predicted octanol–water partition coefficient (Wildman–Crippen LogP) is 3.81. The van der Waals surface area contributed by atoms with E-state index in [1.807, 2.05) is 23.2 Å². The summed E-state index contributed by atoms with van der Waals surface area (Å²) in [7, 11) is 0. The monoisotopic (exact) mass is 550 g/mol. The molecule has 9 nitrogen and oxygen atoms in total. The number of pyridine rings is 1. The summed E-state index contributed by atoms with van der Waals surface area (Å²) in [6.07, 6.45) is 10.6. The maximum atomic E-state index is 12.8. The average molecular weight is 551 g/mol. The molecule has 3 aliphatic heterocycles. The zero-order valence-electron chi connectivity index (χ0n) is 23.5. The van der Waals surface area contributed by atoms with Crippen LogP contribution in [-0.2, 0) is 22.4 Å². The van der Waals surface area contributed by atoms with Crippen molar-refractivity contribution in [1.29, 1.82) is 0 Å². The van der Waals surface area contributed by atoms with E-state index in [1.54, 1.807) is 6.20 Å². The van der Waals surface area contributed by atoms with Gasteiger partial charge in [0.15, 0.2) is 11.5 Å². The molecule has 9 heteroatoms. The third-order valence-electron chi connectivity index (χ3n) is 8.53. The van der Waals surface area contributed by atoms with E-state index < -0.39 is 11.9 Å². The molecule has 2 saturated heterocycles. The quantitative estimate of drug-likeness (QED) is 0.363. The largest absolute Gasteiger partial charge is 0.481 e. The van der Waals surface area contributed by atoms with Gasteiger partial charge < -0.3 is 24.8 Å². The number of hydrogen-bond donors (Lipinski definition) is 2. The zero-order chi connectivity index (χ0) is 27.9. The van der Waals surface area contributed by atoms with Gasteiger partial charge in [-0.1, -0.05) is 25.5 Å². The highest BCUT2D eigenvalue weighted by Gasteiger charge is 2.47. The van der Waals surface area contributed by atoms with Crippen LogP contribution < -0.4 is 14.8 Å². The van der Waals surface area contributed by atoms with Crippen LogP contribution in [-0.4, -0.2) is 77.4 Å². The smallest absolute Gasteiger partial charge is 0.308 e. The maximum Gasteiger partial charge on any atom is 0.308 e. The van der Waals surface area contributed by atoms with Gasteiger partial charge in [0.05, 0.1) is 5.92 Å². The van der Waals surface area contributed by atoms with Gasteiger partial charge in [-0.25, -0.2) is 0 Å². The van der Waals surface area contributed by atoms with Crippen molar-refractivity contribution in [1.82, 2.24) is 20.1 Å². The molecule has 40 heavy (non-hydrogen) atoms. The van der Waals surface area contributed by atoms with Gasteiger partial charge in [0, 0.05) is 57.1 Å². The first-order chi connectivity index (χ1) is 19.5. The van der Waals surface area contributed by atoms with Crippen LogP contribution in [0, 0.1) is 5.92 Å². The number of fused-ring (bicyclic) bond motifs is 1. The SMILES string of the molecule is CCCc1cc(C2CN(CNCCCc3cccnc3)C(CCN3CCCCC3=O)[C@@H]2C(=O)O)cc2c1OCO2. The van der Waals surface area contributed by atoms with Crippen molar-refractivity contribution in [3.63, 3.8) is 0 Å². The first-order valence-corrected chi connectivity index (χ1v) is 14.8. The Kier molecular flexibility index (Phi) is 9.54. The van der Waals surface area contributed by atoms with Crippen molar-refractivity contribution in [2.75, 3.05) is 39.6 Å². The molecular weight excluding hydrogens is 508 g/mol. The number of piperidine rings is 1. The highest BCUT2D eigenvalue weighted by molar-refractivity contribution is 5.77. The van der Waals surface area contributed by atoms with Crippen molar-refractivity contribution in [3.8, 4) is 11.5 Å². The zero-order valence-corrected chi connectivity index (χ0v) is 23.5. The van der Waals surface area contributed by atoms with Crippen molar-refractivity contribution in [3.05, 3.63) is 53.3 Å². The van der Waals surface area contributed by atoms with E-state index >= 15 is 0 Å². The summed E-state index contributed by atoms with van der Waals surface area (Å²) in [5, 5.41) is 14.1. The number of carbonyl (C=O) groups excluding carboxylic acids is 1. The molecule has 1 amide bonds. The molecule has 0 radical (unpaired) electrons. The first-order valence-electron chi connectivity index (χ1n) is 14.8. The van der Waals surface area contributed by atoms with Gasteiger partial charge in [-0.2, -0.15) is 0 Å². The Hall–Kier alpha value is -3.17. The van der Waals surface area contributed by atoms with Crippen LogP contribution in [0.1, 0.15) is 68.1 Å². The van der Waals surface area contributed by atoms with Gasteiger partial charge in [0.1, 0.15) is 0 Å². The van der Waals surface area contributed by atoms with Crippen LogP contribution in [0.2, 0.25) is 0 Å². The number of aliphatic carboxylic acids is 1. The second-order valence-electron chi connectivity index (χ2n) is 11.2. The number of carbonyl (C=O) groups is 2. The van der Waals surface area contributed by atoms with Crippen LogP contribution in [0.15, 0.2) is 36.7 Å². The molecule has 2 fully saturated rings. The van der Waals surface area contributed by atoms with E-state index in [9.17, 15) is 14.7 Å². The van der Waals surface area contributed by atoms with Crippen LogP contribution >= 0.6 is 0 Å². The lowest BCUT2D eigenvalue weighted by Gasteiger charge is -2.32. The van der Waals surface area contributed by atoms with Crippen molar-refractivity contribution >= 4 is 11.9 Å². The topological polar surface area (TPSA) is 104 Å². The summed E-state index contributed by atoms with van der Waals surface area (Å²) in [5.74, 6) is 0.158. The highest BCUT2D eigenvalue weighted by atomic mass is 16.7. The number of likely N-dealkylation sites (tertiary alicyclic amines) is 2. The molecule has 0 bridgehead atoms. The van der Waals surface area contributed by atoms with Crippen molar-refractivity contribution in [2.24, 2.45) is 5.92 Å². The fraction of sp³-hybridized carbons (Fsp3) is 0.581. The Morgan fingerprint density at radius 1 is 1.23 bits per heavy atom. The normalized spacial score (nSPS) is 22.7. The first kappa shape index (κ1) is 28.4. The molecule has 3 atom stereocenters. The number of hydrogen-bond acceptors (Lipinski definition) is 7. The van der Waals surface area contributed by atoms with Crippen LogP contribution in [0.3, 0.4) is 0 Å². The molecule has 2 aromatic rings. The highest BCUT2D eigenvalue weighted by Crippen LogP contribution is 2.44. The number of amides is 1. The molecule has 2 unspecified atom stereocenters. The van der Waals surface area contributed by atoms with E-state index in [4.69, 9.17) is 9.47 Å². The van der Waals surface area contributed by atoms with Gasteiger partial charge in [-0.15, -0.1) is 0 Å². The van der Waals surface area contributed by atoms with E-state index in [1.165, 1.54) is 5.56 Å². The number of carboxylic acid groups (broad SMARTS) is 1. The second-order valence-corrected chi connectivity index (χ2v) is 11.2. The lowest BCUT2D eigenvalue weighted by atomic mass is 9.83. The third-order valence-corrected chi connectivity index (χ3v) is 8.53. The fourth-order valence-electron chi connectivity index (χ4n) is 6.54. The number of ether oxygens (including phenoxy) is 2. The number of nitrogens with one attached hydrogen (secondary N) is 1. The van der Waals surface area contributed by atoms with E-state index in [0.29, 0.717) is 38.3 Å². The average Bonchev–Trinajstić information content (AvgIpc) is 3.58. The molecule has 216 valence electrons. The van der Waals surface area contributed by atoms with Crippen molar-refractivity contribution in [2.45, 2.75) is 70.3 Å². The molecule has 5 rings (SSSR count). The summed E-state index contributed by atoms with van der Waals surface area (Å²) in [6, 6.07) is 7.99. The number of rotatable bonds is 13. The minimum absolute atomic E-state index is 0.178. The molecule has 0 saturated carbocycles. The summed E-state index contributed by atoms with van der Waals surface area (Å²) in [5.41, 5.74) is 3.29. The van der Waals surface area contributed by atoms with E-state index in [2.05, 4.69) is 34.3 Å². The summed E-state index contributed by atoms with van der Waals surface area (Å²) in [6.45, 7) is 5.76.